The van der Waals surface area contributed by atoms with Crippen LogP contribution in [0.1, 0.15) is 24.9 Å². The molecule has 1 unspecified atom stereocenters. The zero-order valence-corrected chi connectivity index (χ0v) is 11.6. The van der Waals surface area contributed by atoms with Gasteiger partial charge in [0, 0.05) is 19.2 Å². The van der Waals surface area contributed by atoms with Gasteiger partial charge in [-0.25, -0.2) is 0 Å². The minimum atomic E-state index is 0.225. The minimum absolute atomic E-state index is 0.225. The largest absolute Gasteiger partial charge is 0.493 e. The summed E-state index contributed by atoms with van der Waals surface area (Å²) in [6, 6.07) is 6.24. The van der Waals surface area contributed by atoms with Crippen molar-refractivity contribution in [1.29, 1.82) is 0 Å². The van der Waals surface area contributed by atoms with E-state index in [1.807, 2.05) is 18.2 Å². The van der Waals surface area contributed by atoms with Crippen molar-refractivity contribution in [2.45, 2.75) is 19.4 Å². The van der Waals surface area contributed by atoms with Crippen molar-refractivity contribution in [3.63, 3.8) is 0 Å². The maximum Gasteiger partial charge on any atom is 0.161 e. The van der Waals surface area contributed by atoms with Crippen molar-refractivity contribution in [2.24, 2.45) is 0 Å². The second-order valence-electron chi connectivity index (χ2n) is 4.35. The number of nitrogens with zero attached hydrogens (tertiary/aromatic N) is 1. The number of rotatable bonds is 7. The molecule has 0 aliphatic carbocycles. The van der Waals surface area contributed by atoms with Gasteiger partial charge >= 0.3 is 0 Å². The highest BCUT2D eigenvalue weighted by Crippen LogP contribution is 2.31. The van der Waals surface area contributed by atoms with E-state index in [0.29, 0.717) is 0 Å². The molecule has 0 aromatic heterocycles. The van der Waals surface area contributed by atoms with E-state index in [9.17, 15) is 0 Å². The van der Waals surface area contributed by atoms with Crippen LogP contribution in [0.2, 0.25) is 0 Å². The molecule has 4 heteroatoms. The average molecular weight is 253 g/mol. The number of ether oxygens (including phenoxy) is 2. The van der Waals surface area contributed by atoms with Gasteiger partial charge in [0.2, 0.25) is 0 Å². The molecule has 1 rings (SSSR count). The third kappa shape index (κ3) is 3.62. The van der Waals surface area contributed by atoms with Crippen LogP contribution in [-0.4, -0.2) is 44.4 Å². The van der Waals surface area contributed by atoms with Gasteiger partial charge in [-0.15, -0.1) is 0 Å². The lowest BCUT2D eigenvalue weighted by Crippen LogP contribution is -2.24. The molecule has 0 bridgehead atoms. The molecule has 0 saturated heterocycles. The Morgan fingerprint density at radius 2 is 1.89 bits per heavy atom. The fourth-order valence-electron chi connectivity index (χ4n) is 1.88. The summed E-state index contributed by atoms with van der Waals surface area (Å²) in [5, 5.41) is 8.85. The minimum Gasteiger partial charge on any atom is -0.493 e. The van der Waals surface area contributed by atoms with Crippen LogP contribution in [0.5, 0.6) is 11.5 Å². The number of aliphatic hydroxyl groups excluding tert-OH is 1. The Bertz CT molecular complexity index is 368. The predicted molar refractivity (Wildman–Crippen MR) is 72.3 cm³/mol. The summed E-state index contributed by atoms with van der Waals surface area (Å²) >= 11 is 0. The summed E-state index contributed by atoms with van der Waals surface area (Å²) in [6.07, 6.45) is 0.786. The Morgan fingerprint density at radius 1 is 1.22 bits per heavy atom. The van der Waals surface area contributed by atoms with Gasteiger partial charge < -0.3 is 14.6 Å². The fraction of sp³-hybridized carbons (Fsp3) is 0.571. The number of hydrogen-bond donors (Lipinski definition) is 1. The van der Waals surface area contributed by atoms with Crippen LogP contribution in [0, 0.1) is 0 Å². The Morgan fingerprint density at radius 3 is 2.44 bits per heavy atom. The first-order chi connectivity index (χ1) is 8.63. The van der Waals surface area contributed by atoms with Crippen LogP contribution >= 0.6 is 0 Å². The van der Waals surface area contributed by atoms with E-state index in [1.54, 1.807) is 14.2 Å². The molecule has 0 fully saturated rings. The summed E-state index contributed by atoms with van der Waals surface area (Å²) < 4.78 is 10.5. The molecule has 0 amide bonds. The summed E-state index contributed by atoms with van der Waals surface area (Å²) in [5.41, 5.74) is 1.17. The molecule has 1 N–H and O–H groups in total. The maximum absolute atomic E-state index is 8.85. The molecule has 1 aromatic rings. The second-order valence-corrected chi connectivity index (χ2v) is 4.35. The second kappa shape index (κ2) is 7.24. The fourth-order valence-corrected chi connectivity index (χ4v) is 1.88. The maximum atomic E-state index is 8.85. The Kier molecular flexibility index (Phi) is 5.95. The van der Waals surface area contributed by atoms with Gasteiger partial charge in [0.15, 0.2) is 11.5 Å². The van der Waals surface area contributed by atoms with Crippen molar-refractivity contribution >= 4 is 0 Å². The van der Waals surface area contributed by atoms with E-state index >= 15 is 0 Å². The number of methoxy groups -OCH3 is 2. The molecule has 0 aliphatic rings. The lowest BCUT2D eigenvalue weighted by Gasteiger charge is -2.25. The van der Waals surface area contributed by atoms with Crippen LogP contribution in [0.25, 0.3) is 0 Å². The Labute approximate surface area is 109 Å². The summed E-state index contributed by atoms with van der Waals surface area (Å²) in [7, 11) is 5.33. The van der Waals surface area contributed by atoms with Gasteiger partial charge in [-0.2, -0.15) is 0 Å². The Hall–Kier alpha value is -1.26. The molecule has 0 aliphatic heterocycles. The van der Waals surface area contributed by atoms with Crippen LogP contribution in [0.3, 0.4) is 0 Å². The molecule has 0 saturated carbocycles. The monoisotopic (exact) mass is 253 g/mol. The number of aliphatic hydroxyl groups is 1. The highest BCUT2D eigenvalue weighted by molar-refractivity contribution is 5.43. The number of benzene rings is 1. The normalized spacial score (nSPS) is 12.6. The van der Waals surface area contributed by atoms with Crippen molar-refractivity contribution in [3.8, 4) is 11.5 Å². The third-order valence-electron chi connectivity index (χ3n) is 3.22. The van der Waals surface area contributed by atoms with Crippen LogP contribution in [-0.2, 0) is 0 Å². The van der Waals surface area contributed by atoms with Crippen LogP contribution in [0.4, 0.5) is 0 Å². The zero-order chi connectivity index (χ0) is 13.5. The van der Waals surface area contributed by atoms with Gasteiger partial charge in [-0.05, 0) is 38.1 Å². The molecule has 0 spiro atoms. The average Bonchev–Trinajstić information content (AvgIpc) is 2.42. The molecule has 102 valence electrons. The van der Waals surface area contributed by atoms with Crippen molar-refractivity contribution in [3.05, 3.63) is 23.8 Å². The highest BCUT2D eigenvalue weighted by Gasteiger charge is 2.13. The first-order valence-electron chi connectivity index (χ1n) is 6.17. The molecule has 1 atom stereocenters. The van der Waals surface area contributed by atoms with Gasteiger partial charge in [-0.1, -0.05) is 6.07 Å². The lowest BCUT2D eigenvalue weighted by molar-refractivity contribution is 0.216. The predicted octanol–water partition coefficient (Wildman–Crippen LogP) is 2.08. The van der Waals surface area contributed by atoms with E-state index in [0.717, 1.165) is 24.5 Å². The molecule has 0 heterocycles. The van der Waals surface area contributed by atoms with E-state index in [2.05, 4.69) is 18.9 Å². The molecule has 18 heavy (non-hydrogen) atoms. The first kappa shape index (κ1) is 14.8. The molecular formula is C14H23NO3. The van der Waals surface area contributed by atoms with Gasteiger partial charge in [-0.3, -0.25) is 4.90 Å². The summed E-state index contributed by atoms with van der Waals surface area (Å²) in [6.45, 7) is 3.23. The lowest BCUT2D eigenvalue weighted by atomic mass is 10.1. The van der Waals surface area contributed by atoms with Crippen LogP contribution in [0.15, 0.2) is 18.2 Å². The summed E-state index contributed by atoms with van der Waals surface area (Å²) in [4.78, 5) is 2.21. The van der Waals surface area contributed by atoms with E-state index in [-0.39, 0.29) is 12.6 Å². The topological polar surface area (TPSA) is 41.9 Å². The summed E-state index contributed by atoms with van der Waals surface area (Å²) in [5.74, 6) is 1.49. The first-order valence-corrected chi connectivity index (χ1v) is 6.17. The third-order valence-corrected chi connectivity index (χ3v) is 3.22. The van der Waals surface area contributed by atoms with Crippen molar-refractivity contribution in [1.82, 2.24) is 4.90 Å². The van der Waals surface area contributed by atoms with E-state index in [1.165, 1.54) is 5.56 Å². The SMILES string of the molecule is COc1ccc(C(C)N(C)CCCO)cc1OC. The van der Waals surface area contributed by atoms with Crippen LogP contribution < -0.4 is 9.47 Å². The number of hydrogen-bond acceptors (Lipinski definition) is 4. The standard InChI is InChI=1S/C14H23NO3/c1-11(15(2)8-5-9-16)12-6-7-13(17-3)14(10-12)18-4/h6-7,10-11,16H,5,8-9H2,1-4H3. The molecule has 0 radical (unpaired) electrons. The Balaban J connectivity index is 2.82. The van der Waals surface area contributed by atoms with Gasteiger partial charge in [0.05, 0.1) is 14.2 Å². The van der Waals surface area contributed by atoms with E-state index in [4.69, 9.17) is 14.6 Å². The zero-order valence-electron chi connectivity index (χ0n) is 11.6. The van der Waals surface area contributed by atoms with E-state index < -0.39 is 0 Å². The molecule has 1 aromatic carbocycles. The smallest absolute Gasteiger partial charge is 0.161 e. The van der Waals surface area contributed by atoms with Gasteiger partial charge in [0.25, 0.3) is 0 Å². The van der Waals surface area contributed by atoms with Crippen molar-refractivity contribution < 1.29 is 14.6 Å². The quantitative estimate of drug-likeness (QED) is 0.808. The highest BCUT2D eigenvalue weighted by atomic mass is 16.5. The molecular weight excluding hydrogens is 230 g/mol. The molecule has 4 nitrogen and oxygen atoms in total. The van der Waals surface area contributed by atoms with Gasteiger partial charge in [0.1, 0.15) is 0 Å². The van der Waals surface area contributed by atoms with Crippen molar-refractivity contribution in [2.75, 3.05) is 34.4 Å².